The Labute approximate surface area is 103 Å². The van der Waals surface area contributed by atoms with Crippen molar-refractivity contribution in [3.05, 3.63) is 29.3 Å². The first-order valence-corrected chi connectivity index (χ1v) is 6.55. The maximum atomic E-state index is 12.6. The van der Waals surface area contributed by atoms with Crippen LogP contribution in [0.25, 0.3) is 0 Å². The van der Waals surface area contributed by atoms with E-state index in [1.165, 1.54) is 0 Å². The molecule has 102 valence electrons. The lowest BCUT2D eigenvalue weighted by molar-refractivity contribution is -0.138. The maximum absolute atomic E-state index is 12.6. The summed E-state index contributed by atoms with van der Waals surface area (Å²) in [5.74, 6) is 0. The molecule has 0 radical (unpaired) electrons. The second-order valence-corrected chi connectivity index (χ2v) is 5.35. The summed E-state index contributed by atoms with van der Waals surface area (Å²) in [6.07, 6.45) is -4.58. The standard InChI is InChI=1S/C10H13F3N2O2S/c1-7-8(10(11,12)13)3-2-4-9(7)18(16,17)15-6-5-14/h2-4,15H,5-6,14H2,1H3. The minimum absolute atomic E-state index is 0.0297. The van der Waals surface area contributed by atoms with Gasteiger partial charge < -0.3 is 5.73 Å². The van der Waals surface area contributed by atoms with Crippen molar-refractivity contribution < 1.29 is 21.6 Å². The molecule has 0 saturated heterocycles. The molecule has 0 unspecified atom stereocenters. The summed E-state index contributed by atoms with van der Waals surface area (Å²) in [6, 6.07) is 3.04. The molecule has 8 heteroatoms. The second-order valence-electron chi connectivity index (χ2n) is 3.61. The van der Waals surface area contributed by atoms with Gasteiger partial charge in [0.15, 0.2) is 0 Å². The lowest BCUT2D eigenvalue weighted by atomic mass is 10.1. The fourth-order valence-corrected chi connectivity index (χ4v) is 2.80. The van der Waals surface area contributed by atoms with Gasteiger partial charge in [0.1, 0.15) is 0 Å². The molecule has 1 aromatic carbocycles. The van der Waals surface area contributed by atoms with Gasteiger partial charge in [-0.1, -0.05) is 6.07 Å². The van der Waals surface area contributed by atoms with Crippen molar-refractivity contribution in [3.8, 4) is 0 Å². The number of hydrogen-bond donors (Lipinski definition) is 2. The molecule has 0 amide bonds. The monoisotopic (exact) mass is 282 g/mol. The van der Waals surface area contributed by atoms with Gasteiger partial charge in [0.05, 0.1) is 10.5 Å². The van der Waals surface area contributed by atoms with Gasteiger partial charge in [0.2, 0.25) is 10.0 Å². The predicted molar refractivity (Wildman–Crippen MR) is 60.4 cm³/mol. The number of alkyl halides is 3. The molecular formula is C10H13F3N2O2S. The zero-order valence-corrected chi connectivity index (χ0v) is 10.4. The summed E-state index contributed by atoms with van der Waals surface area (Å²) >= 11 is 0. The first kappa shape index (κ1) is 14.9. The molecule has 0 aliphatic rings. The Morgan fingerprint density at radius 1 is 1.33 bits per heavy atom. The van der Waals surface area contributed by atoms with Gasteiger partial charge in [-0.05, 0) is 24.6 Å². The number of nitrogens with two attached hydrogens (primary N) is 1. The van der Waals surface area contributed by atoms with E-state index in [4.69, 9.17) is 5.73 Å². The van der Waals surface area contributed by atoms with E-state index in [0.717, 1.165) is 25.1 Å². The van der Waals surface area contributed by atoms with E-state index in [1.54, 1.807) is 0 Å². The van der Waals surface area contributed by atoms with Crippen LogP contribution in [-0.2, 0) is 16.2 Å². The Morgan fingerprint density at radius 3 is 2.44 bits per heavy atom. The van der Waals surface area contributed by atoms with E-state index in [0.29, 0.717) is 0 Å². The normalized spacial score (nSPS) is 12.7. The van der Waals surface area contributed by atoms with Crippen molar-refractivity contribution in [3.63, 3.8) is 0 Å². The lowest BCUT2D eigenvalue weighted by Crippen LogP contribution is -2.30. The van der Waals surface area contributed by atoms with Crippen molar-refractivity contribution in [2.24, 2.45) is 5.73 Å². The van der Waals surface area contributed by atoms with Crippen LogP contribution in [0.2, 0.25) is 0 Å². The molecule has 4 nitrogen and oxygen atoms in total. The summed E-state index contributed by atoms with van der Waals surface area (Å²) in [4.78, 5) is -0.384. The van der Waals surface area contributed by atoms with E-state index < -0.39 is 21.8 Å². The highest BCUT2D eigenvalue weighted by Gasteiger charge is 2.34. The van der Waals surface area contributed by atoms with Crippen LogP contribution < -0.4 is 10.5 Å². The van der Waals surface area contributed by atoms with E-state index in [-0.39, 0.29) is 23.5 Å². The molecule has 1 rings (SSSR count). The molecule has 0 aliphatic heterocycles. The van der Waals surface area contributed by atoms with E-state index in [9.17, 15) is 21.6 Å². The van der Waals surface area contributed by atoms with E-state index >= 15 is 0 Å². The number of sulfonamides is 1. The summed E-state index contributed by atoms with van der Waals surface area (Å²) < 4.78 is 63.5. The van der Waals surface area contributed by atoms with Crippen molar-refractivity contribution in [1.82, 2.24) is 4.72 Å². The van der Waals surface area contributed by atoms with Crippen LogP contribution >= 0.6 is 0 Å². The molecule has 18 heavy (non-hydrogen) atoms. The number of hydrogen-bond acceptors (Lipinski definition) is 3. The Morgan fingerprint density at radius 2 is 1.94 bits per heavy atom. The SMILES string of the molecule is Cc1c(C(F)(F)F)cccc1S(=O)(=O)NCCN. The molecule has 0 bridgehead atoms. The van der Waals surface area contributed by atoms with Gasteiger partial charge in [-0.15, -0.1) is 0 Å². The fourth-order valence-electron chi connectivity index (χ4n) is 1.48. The maximum Gasteiger partial charge on any atom is 0.416 e. The average molecular weight is 282 g/mol. The van der Waals surface area contributed by atoms with Gasteiger partial charge in [-0.2, -0.15) is 13.2 Å². The van der Waals surface area contributed by atoms with Crippen molar-refractivity contribution in [2.45, 2.75) is 18.0 Å². The van der Waals surface area contributed by atoms with Crippen LogP contribution in [0.4, 0.5) is 13.2 Å². The zero-order chi connectivity index (χ0) is 14.0. The summed E-state index contributed by atoms with van der Waals surface area (Å²) in [5.41, 5.74) is 3.86. The van der Waals surface area contributed by atoms with Crippen LogP contribution in [0.1, 0.15) is 11.1 Å². The Kier molecular flexibility index (Phi) is 4.36. The van der Waals surface area contributed by atoms with Gasteiger partial charge in [-0.3, -0.25) is 0 Å². The average Bonchev–Trinajstić information content (AvgIpc) is 2.25. The molecule has 0 aliphatic carbocycles. The lowest BCUT2D eigenvalue weighted by Gasteiger charge is -2.14. The topological polar surface area (TPSA) is 72.2 Å². The van der Waals surface area contributed by atoms with Gasteiger partial charge in [-0.25, -0.2) is 13.1 Å². The number of nitrogens with one attached hydrogen (secondary N) is 1. The van der Waals surface area contributed by atoms with Crippen LogP contribution in [0.3, 0.4) is 0 Å². The largest absolute Gasteiger partial charge is 0.416 e. The van der Waals surface area contributed by atoms with Gasteiger partial charge in [0, 0.05) is 13.1 Å². The highest BCUT2D eigenvalue weighted by molar-refractivity contribution is 7.89. The summed E-state index contributed by atoms with van der Waals surface area (Å²) in [6.45, 7) is 1.16. The fraction of sp³-hybridized carbons (Fsp3) is 0.400. The molecule has 0 saturated carbocycles. The highest BCUT2D eigenvalue weighted by atomic mass is 32.2. The molecule has 3 N–H and O–H groups in total. The molecular weight excluding hydrogens is 269 g/mol. The third-order valence-electron chi connectivity index (χ3n) is 2.32. The highest BCUT2D eigenvalue weighted by Crippen LogP contribution is 2.33. The van der Waals surface area contributed by atoms with Crippen LogP contribution in [-0.4, -0.2) is 21.5 Å². The molecule has 0 aromatic heterocycles. The Bertz CT molecular complexity index is 526. The number of rotatable bonds is 4. The van der Waals surface area contributed by atoms with Crippen LogP contribution in [0.15, 0.2) is 23.1 Å². The predicted octanol–water partition coefficient (Wildman–Crippen LogP) is 1.25. The molecule has 0 heterocycles. The van der Waals surface area contributed by atoms with Crippen molar-refractivity contribution in [1.29, 1.82) is 0 Å². The third-order valence-corrected chi connectivity index (χ3v) is 3.92. The van der Waals surface area contributed by atoms with Crippen molar-refractivity contribution in [2.75, 3.05) is 13.1 Å². The molecule has 0 atom stereocenters. The van der Waals surface area contributed by atoms with Crippen LogP contribution in [0, 0.1) is 6.92 Å². The summed E-state index contributed by atoms with van der Waals surface area (Å²) in [5, 5.41) is 0. The molecule has 0 fully saturated rings. The Hall–Kier alpha value is -1.12. The zero-order valence-electron chi connectivity index (χ0n) is 9.58. The van der Waals surface area contributed by atoms with Gasteiger partial charge in [0.25, 0.3) is 0 Å². The van der Waals surface area contributed by atoms with Crippen molar-refractivity contribution >= 4 is 10.0 Å². The number of benzene rings is 1. The van der Waals surface area contributed by atoms with E-state index in [2.05, 4.69) is 4.72 Å². The summed E-state index contributed by atoms with van der Waals surface area (Å²) in [7, 11) is -3.97. The first-order valence-electron chi connectivity index (χ1n) is 5.06. The molecule has 0 spiro atoms. The second kappa shape index (κ2) is 5.25. The Balaban J connectivity index is 3.28. The quantitative estimate of drug-likeness (QED) is 0.873. The molecule has 1 aromatic rings. The van der Waals surface area contributed by atoms with E-state index in [1.807, 2.05) is 0 Å². The van der Waals surface area contributed by atoms with Gasteiger partial charge >= 0.3 is 6.18 Å². The minimum Gasteiger partial charge on any atom is -0.329 e. The minimum atomic E-state index is -4.58. The van der Waals surface area contributed by atoms with Crippen LogP contribution in [0.5, 0.6) is 0 Å². The third kappa shape index (κ3) is 3.21. The number of halogens is 3. The first-order chi connectivity index (χ1) is 8.20. The smallest absolute Gasteiger partial charge is 0.329 e.